The molecule has 2 aromatic rings. The zero-order valence-electron chi connectivity index (χ0n) is 20.2. The first-order valence-corrected chi connectivity index (χ1v) is 15.9. The van der Waals surface area contributed by atoms with Gasteiger partial charge in [-0.25, -0.2) is 4.98 Å². The van der Waals surface area contributed by atoms with Crippen LogP contribution in [0.1, 0.15) is 17.7 Å². The van der Waals surface area contributed by atoms with E-state index in [-0.39, 0.29) is 27.5 Å². The summed E-state index contributed by atoms with van der Waals surface area (Å²) in [5, 5.41) is 28.7. The molecule has 2 aromatic heterocycles. The Bertz CT molecular complexity index is 1320. The fourth-order valence-electron chi connectivity index (χ4n) is 4.47. The van der Waals surface area contributed by atoms with Gasteiger partial charge in [-0.3, -0.25) is 19.4 Å². The number of nitrogen functional groups attached to an aromatic ring is 1. The number of rotatable bonds is 9. The summed E-state index contributed by atoms with van der Waals surface area (Å²) in [6.07, 6.45) is 4.51. The number of amides is 2. The number of thiazole rings is 1. The highest BCUT2D eigenvalue weighted by Crippen LogP contribution is 2.47. The molecule has 39 heavy (non-hydrogen) atoms. The maximum atomic E-state index is 13.0. The van der Waals surface area contributed by atoms with Gasteiger partial charge in [-0.05, 0) is 24.6 Å². The third kappa shape index (κ3) is 5.67. The van der Waals surface area contributed by atoms with Crippen LogP contribution in [-0.4, -0.2) is 95.5 Å². The minimum atomic E-state index is -1.27. The molecular weight excluding hydrogens is 606 g/mol. The number of aliphatic carboxylic acids is 1. The van der Waals surface area contributed by atoms with Crippen molar-refractivity contribution in [2.75, 3.05) is 31.1 Å². The van der Waals surface area contributed by atoms with Gasteiger partial charge in [0.25, 0.3) is 5.91 Å². The number of nitrogens with two attached hydrogens (primary N) is 1. The number of carbonyl (C=O) groups excluding carboxylic acids is 2. The highest BCUT2D eigenvalue weighted by molar-refractivity contribution is 8.05. The van der Waals surface area contributed by atoms with Gasteiger partial charge in [0.2, 0.25) is 5.91 Å². The van der Waals surface area contributed by atoms with Crippen LogP contribution >= 0.6 is 58.2 Å². The van der Waals surface area contributed by atoms with Crippen LogP contribution < -0.4 is 16.4 Å². The van der Waals surface area contributed by atoms with E-state index in [4.69, 9.17) is 17.3 Å². The molecule has 0 saturated carbocycles. The molecule has 208 valence electrons. The van der Waals surface area contributed by atoms with Crippen molar-refractivity contribution in [3.8, 4) is 0 Å². The van der Waals surface area contributed by atoms with E-state index in [1.54, 1.807) is 12.4 Å². The largest absolute Gasteiger partial charge is 0.480 e. The molecule has 0 spiro atoms. The Hall–Kier alpha value is -2.24. The Morgan fingerprint density at radius 2 is 2.26 bits per heavy atom. The van der Waals surface area contributed by atoms with E-state index in [1.165, 1.54) is 28.4 Å². The molecular formula is C22H24ClN7O5S4. The first-order chi connectivity index (χ1) is 18.7. The topological polar surface area (TPSA) is 183 Å². The molecule has 2 amide bonds. The number of halogens is 1. The number of pyridine rings is 1. The van der Waals surface area contributed by atoms with E-state index in [2.05, 4.69) is 25.8 Å². The maximum Gasteiger partial charge on any atom is 0.322 e. The Balaban J connectivity index is 1.26. The van der Waals surface area contributed by atoms with E-state index >= 15 is 0 Å². The predicted octanol–water partition coefficient (Wildman–Crippen LogP) is 1.56. The van der Waals surface area contributed by atoms with Gasteiger partial charge in [0.05, 0.1) is 0 Å². The summed E-state index contributed by atoms with van der Waals surface area (Å²) in [6, 6.07) is 0.904. The number of carbonyl (C=O) groups is 3. The lowest BCUT2D eigenvalue weighted by molar-refractivity contribution is -0.151. The fraction of sp³-hybridized carbons (Fsp3) is 0.455. The van der Waals surface area contributed by atoms with Crippen molar-refractivity contribution in [3.05, 3.63) is 34.1 Å². The molecule has 17 heteroatoms. The number of nitrogens with zero attached hydrogens (tertiary/aromatic N) is 4. The van der Waals surface area contributed by atoms with E-state index in [0.717, 1.165) is 41.3 Å². The van der Waals surface area contributed by atoms with Crippen molar-refractivity contribution in [3.63, 3.8) is 0 Å². The van der Waals surface area contributed by atoms with Crippen molar-refractivity contribution in [2.45, 2.75) is 38.5 Å². The fourth-order valence-corrected chi connectivity index (χ4v) is 9.58. The van der Waals surface area contributed by atoms with Crippen molar-refractivity contribution < 1.29 is 24.7 Å². The average Bonchev–Trinajstić information content (AvgIpc) is 3.56. The highest BCUT2D eigenvalue weighted by atomic mass is 35.5. The van der Waals surface area contributed by atoms with Gasteiger partial charge in [0.1, 0.15) is 26.2 Å². The van der Waals surface area contributed by atoms with Gasteiger partial charge in [0.15, 0.2) is 10.8 Å². The van der Waals surface area contributed by atoms with E-state index < -0.39 is 39.7 Å². The highest BCUT2D eigenvalue weighted by Gasteiger charge is 2.58. The van der Waals surface area contributed by atoms with Crippen LogP contribution in [0.15, 0.2) is 28.5 Å². The van der Waals surface area contributed by atoms with Crippen LogP contribution in [-0.2, 0) is 20.1 Å². The molecule has 0 aliphatic carbocycles. The molecule has 0 radical (unpaired) electrons. The maximum absolute atomic E-state index is 13.0. The van der Waals surface area contributed by atoms with Crippen molar-refractivity contribution >= 4 is 86.9 Å². The number of aromatic nitrogens is 2. The number of thioether (sulfide) groups is 3. The van der Waals surface area contributed by atoms with Crippen molar-refractivity contribution in [2.24, 2.45) is 5.16 Å². The smallest absolute Gasteiger partial charge is 0.322 e. The summed E-state index contributed by atoms with van der Waals surface area (Å²) >= 11 is 11.3. The normalized spacial score (nSPS) is 26.7. The standard InChI is InChI=1S/C22H24ClN7O5S4/c23-16-13(28-21(24)38-16)14(29-35)17(31)27-15-18(32)30-8-22(20(33)34,9-37-19(15)30)39-12-2-4-25-5-10(12)7-36-11-1-3-26-6-11/h2,4-5,11,15,19,26,35H,1,3,6-9H2,(H2,24,28)(H,27,31)(H,33,34)/t11?,15-,19-,22?/m1/s1. The first-order valence-electron chi connectivity index (χ1n) is 11.8. The predicted molar refractivity (Wildman–Crippen MR) is 153 cm³/mol. The number of hydrogen-bond acceptors (Lipinski definition) is 13. The molecule has 3 fully saturated rings. The Kier molecular flexibility index (Phi) is 8.49. The average molecular weight is 630 g/mol. The minimum absolute atomic E-state index is 0.0211. The molecule has 0 bridgehead atoms. The first kappa shape index (κ1) is 28.3. The van der Waals surface area contributed by atoms with Gasteiger partial charge in [-0.15, -0.1) is 23.5 Å². The number of carboxylic acid groups (broad SMARTS) is 1. The second-order valence-corrected chi connectivity index (χ2v) is 14.5. The van der Waals surface area contributed by atoms with Crippen LogP contribution in [0.3, 0.4) is 0 Å². The number of carboxylic acids is 1. The van der Waals surface area contributed by atoms with Gasteiger partial charge in [-0.2, -0.15) is 11.8 Å². The summed E-state index contributed by atoms with van der Waals surface area (Å²) in [5.41, 5.74) is 6.02. The van der Waals surface area contributed by atoms with Crippen molar-refractivity contribution in [1.29, 1.82) is 0 Å². The summed E-state index contributed by atoms with van der Waals surface area (Å²) in [4.78, 5) is 48.9. The molecule has 5 rings (SSSR count). The van der Waals surface area contributed by atoms with E-state index in [0.29, 0.717) is 11.0 Å². The van der Waals surface area contributed by atoms with Crippen LogP contribution in [0.2, 0.25) is 4.34 Å². The number of β-lactam (4-membered cyclic amide) rings is 1. The lowest BCUT2D eigenvalue weighted by atomic mass is 10.0. The summed E-state index contributed by atoms with van der Waals surface area (Å²) in [5.74, 6) is -1.35. The number of hydrogen-bond donors (Lipinski definition) is 5. The van der Waals surface area contributed by atoms with Gasteiger partial charge in [-0.1, -0.05) is 28.1 Å². The van der Waals surface area contributed by atoms with E-state index in [1.807, 2.05) is 17.8 Å². The molecule has 6 N–H and O–H groups in total. The Morgan fingerprint density at radius 1 is 1.44 bits per heavy atom. The van der Waals surface area contributed by atoms with Crippen LogP contribution in [0, 0.1) is 0 Å². The SMILES string of the molecule is Nc1nc(C(=NO)C(=O)N[C@@H]2C(=O)N3CC(Sc4ccncc4CSC4CCNC4)(C(=O)O)CS[C@H]23)c(Cl)s1. The molecule has 0 aromatic carbocycles. The second kappa shape index (κ2) is 11.7. The number of nitrogens with one attached hydrogen (secondary N) is 2. The number of oxime groups is 1. The van der Waals surface area contributed by atoms with Gasteiger partial charge >= 0.3 is 5.97 Å². The molecule has 3 saturated heterocycles. The van der Waals surface area contributed by atoms with Crippen molar-refractivity contribution in [1.82, 2.24) is 25.5 Å². The number of fused-ring (bicyclic) bond motifs is 1. The summed E-state index contributed by atoms with van der Waals surface area (Å²) in [6.45, 7) is 1.93. The van der Waals surface area contributed by atoms with Crippen LogP contribution in [0.5, 0.6) is 0 Å². The number of anilines is 1. The summed E-state index contributed by atoms with van der Waals surface area (Å²) < 4.78 is -1.20. The molecule has 5 heterocycles. The molecule has 12 nitrogen and oxygen atoms in total. The third-order valence-electron chi connectivity index (χ3n) is 6.53. The monoisotopic (exact) mass is 629 g/mol. The lowest BCUT2D eigenvalue weighted by Gasteiger charge is -2.53. The second-order valence-electron chi connectivity index (χ2n) is 9.05. The molecule has 3 aliphatic heterocycles. The van der Waals surface area contributed by atoms with Crippen LogP contribution in [0.25, 0.3) is 0 Å². The Morgan fingerprint density at radius 3 is 2.92 bits per heavy atom. The third-order valence-corrected chi connectivity index (χ3v) is 12.1. The van der Waals surface area contributed by atoms with Crippen LogP contribution in [0.4, 0.5) is 5.13 Å². The Labute approximate surface area is 244 Å². The zero-order chi connectivity index (χ0) is 27.7. The molecule has 4 atom stereocenters. The van der Waals surface area contributed by atoms with Gasteiger partial charge in [0, 0.05) is 47.1 Å². The minimum Gasteiger partial charge on any atom is -0.480 e. The lowest BCUT2D eigenvalue weighted by Crippen LogP contribution is -2.74. The zero-order valence-corrected chi connectivity index (χ0v) is 24.2. The quantitative estimate of drug-likeness (QED) is 0.117. The molecule has 2 unspecified atom stereocenters. The van der Waals surface area contributed by atoms with E-state index in [9.17, 15) is 24.7 Å². The molecule has 3 aliphatic rings. The van der Waals surface area contributed by atoms with Gasteiger partial charge < -0.3 is 31.6 Å². The summed E-state index contributed by atoms with van der Waals surface area (Å²) in [7, 11) is 0.